The number of rotatable bonds is 12. The topological polar surface area (TPSA) is 82.1 Å². The first-order chi connectivity index (χ1) is 28.0. The molecule has 3 saturated carbocycles. The molecule has 0 radical (unpaired) electrons. The summed E-state index contributed by atoms with van der Waals surface area (Å²) in [7, 11) is -2.04. The van der Waals surface area contributed by atoms with Crippen molar-refractivity contribution in [3.63, 3.8) is 0 Å². The van der Waals surface area contributed by atoms with Crippen molar-refractivity contribution in [1.29, 1.82) is 0 Å². The van der Waals surface area contributed by atoms with E-state index >= 15 is 0 Å². The Hall–Kier alpha value is -2.52. The number of nitrogens with zero attached hydrogens (tertiary/aromatic N) is 1. The molecule has 2 bridgehead atoms. The summed E-state index contributed by atoms with van der Waals surface area (Å²) in [5.74, 6) is 1.55. The Bertz CT molecular complexity index is 2030. The van der Waals surface area contributed by atoms with Crippen LogP contribution >= 0.6 is 0 Å². The number of aryl methyl sites for hydroxylation is 1. The van der Waals surface area contributed by atoms with Gasteiger partial charge in [0.05, 0.1) is 42.3 Å². The van der Waals surface area contributed by atoms with Crippen molar-refractivity contribution in [2.24, 2.45) is 68.5 Å². The van der Waals surface area contributed by atoms with Crippen LogP contribution in [0.5, 0.6) is 0 Å². The molecule has 7 rings (SSSR count). The molecule has 8 heteroatoms. The van der Waals surface area contributed by atoms with Gasteiger partial charge in [-0.15, -0.1) is 0 Å². The maximum Gasteiger partial charge on any atom is 0.310 e. The molecule has 4 fully saturated rings. The summed E-state index contributed by atoms with van der Waals surface area (Å²) in [6.45, 7) is 29.3. The van der Waals surface area contributed by atoms with Crippen LogP contribution in [0.2, 0.25) is 0 Å². The molecule has 2 aromatic rings. The smallest absolute Gasteiger partial charge is 0.310 e. The standard InChI is InChI=1S/C52H77NO6S/c1-34(2)38(7)47(8)27-28-49(10)41-23-24-43-48(9)31-57-33-52(43,42(41)25-26-50(49,11)44(47)46(54)58-30-39-17-15-14-16-18-39)29-37(6)45(48)59-32-51(12,35(3)4)53(13)60(55,56)40-21-19-36(5)20-22-40/h14-22,25,34-35,37-38,41,43-45H,23-24,26-33H2,1-13H3/t37-,38-,41+,43+,44-,45+,47-,48-,49-,50+,51+,52+/m1/s1. The van der Waals surface area contributed by atoms with Gasteiger partial charge in [-0.2, -0.15) is 4.31 Å². The van der Waals surface area contributed by atoms with Crippen molar-refractivity contribution in [3.05, 3.63) is 77.4 Å². The van der Waals surface area contributed by atoms with Gasteiger partial charge in [0.25, 0.3) is 0 Å². The fourth-order valence-electron chi connectivity index (χ4n) is 14.2. The van der Waals surface area contributed by atoms with Gasteiger partial charge in [0, 0.05) is 17.9 Å². The molecule has 0 amide bonds. The molecule has 1 saturated heterocycles. The molecule has 0 aromatic heterocycles. The van der Waals surface area contributed by atoms with E-state index in [2.05, 4.69) is 75.3 Å². The Labute approximate surface area is 363 Å². The first-order valence-electron chi connectivity index (χ1n) is 23.2. The zero-order valence-corrected chi connectivity index (χ0v) is 40.1. The fraction of sp³-hybridized carbons (Fsp3) is 0.712. The lowest BCUT2D eigenvalue weighted by molar-refractivity contribution is -0.254. The van der Waals surface area contributed by atoms with E-state index in [0.29, 0.717) is 48.4 Å². The average Bonchev–Trinajstić information content (AvgIpc) is 3.20. The first kappa shape index (κ1) is 45.5. The Kier molecular flexibility index (Phi) is 12.1. The van der Waals surface area contributed by atoms with E-state index in [4.69, 9.17) is 14.2 Å². The number of benzene rings is 2. The quantitative estimate of drug-likeness (QED) is 0.156. The lowest BCUT2D eigenvalue weighted by atomic mass is 9.34. The molecule has 332 valence electrons. The summed E-state index contributed by atoms with van der Waals surface area (Å²) in [6.07, 6.45) is 8.63. The van der Waals surface area contributed by atoms with Gasteiger partial charge in [-0.05, 0) is 122 Å². The number of carbonyl (C=O) groups is 1. The minimum absolute atomic E-state index is 0.00864. The van der Waals surface area contributed by atoms with Gasteiger partial charge in [-0.1, -0.05) is 129 Å². The van der Waals surface area contributed by atoms with E-state index in [9.17, 15) is 13.2 Å². The van der Waals surface area contributed by atoms with E-state index in [1.807, 2.05) is 56.3 Å². The van der Waals surface area contributed by atoms with Crippen molar-refractivity contribution in [3.8, 4) is 0 Å². The molecule has 1 aliphatic heterocycles. The molecule has 5 aliphatic rings. The Morgan fingerprint density at radius 3 is 2.23 bits per heavy atom. The van der Waals surface area contributed by atoms with Crippen LogP contribution in [0.1, 0.15) is 126 Å². The largest absolute Gasteiger partial charge is 0.461 e. The van der Waals surface area contributed by atoms with Gasteiger partial charge in [0.2, 0.25) is 10.0 Å². The van der Waals surface area contributed by atoms with Gasteiger partial charge in [0.1, 0.15) is 6.61 Å². The number of ether oxygens (including phenoxy) is 3. The maximum absolute atomic E-state index is 14.8. The molecular weight excluding hydrogens is 767 g/mol. The minimum atomic E-state index is -3.76. The third-order valence-electron chi connectivity index (χ3n) is 18.8. The minimum Gasteiger partial charge on any atom is -0.461 e. The number of fused-ring (bicyclic) bond motifs is 3. The molecule has 2 aromatic carbocycles. The number of likely N-dealkylation sites (N-methyl/N-ethyl adjacent to an activating group) is 1. The summed E-state index contributed by atoms with van der Waals surface area (Å²) in [5.41, 5.74) is 1.99. The lowest BCUT2D eigenvalue weighted by Crippen LogP contribution is -2.69. The maximum atomic E-state index is 14.8. The zero-order chi connectivity index (χ0) is 43.8. The normalized spacial score (nSPS) is 38.0. The molecule has 12 atom stereocenters. The van der Waals surface area contributed by atoms with Gasteiger partial charge in [0.15, 0.2) is 0 Å². The van der Waals surface area contributed by atoms with Crippen LogP contribution in [0.25, 0.3) is 0 Å². The number of sulfonamides is 1. The highest BCUT2D eigenvalue weighted by Crippen LogP contribution is 2.75. The Balaban J connectivity index is 1.19. The van der Waals surface area contributed by atoms with Crippen LogP contribution in [-0.4, -0.2) is 57.2 Å². The van der Waals surface area contributed by atoms with E-state index in [-0.39, 0.29) is 56.9 Å². The summed E-state index contributed by atoms with van der Waals surface area (Å²) in [5, 5.41) is 0. The van der Waals surface area contributed by atoms with Crippen LogP contribution in [0.3, 0.4) is 0 Å². The number of carbonyl (C=O) groups excluding carboxylic acids is 1. The van der Waals surface area contributed by atoms with Gasteiger partial charge in [-0.25, -0.2) is 8.42 Å². The lowest BCUT2D eigenvalue weighted by Gasteiger charge is -2.71. The third kappa shape index (κ3) is 6.90. The highest BCUT2D eigenvalue weighted by Gasteiger charge is 2.71. The zero-order valence-electron chi connectivity index (χ0n) is 39.3. The van der Waals surface area contributed by atoms with Crippen LogP contribution in [0, 0.1) is 75.4 Å². The number of hydrogen-bond acceptors (Lipinski definition) is 6. The van der Waals surface area contributed by atoms with E-state index in [1.165, 1.54) is 0 Å². The molecule has 0 N–H and O–H groups in total. The average molecular weight is 844 g/mol. The van der Waals surface area contributed by atoms with Gasteiger partial charge in [-0.3, -0.25) is 4.79 Å². The van der Waals surface area contributed by atoms with E-state index in [0.717, 1.165) is 56.3 Å². The monoisotopic (exact) mass is 844 g/mol. The molecular formula is C52H77NO6S. The second kappa shape index (κ2) is 15.9. The van der Waals surface area contributed by atoms with Crippen molar-refractivity contribution in [2.75, 3.05) is 26.9 Å². The van der Waals surface area contributed by atoms with E-state index < -0.39 is 15.6 Å². The van der Waals surface area contributed by atoms with Crippen LogP contribution in [-0.2, 0) is 35.6 Å². The summed E-state index contributed by atoms with van der Waals surface area (Å²) in [6, 6.07) is 17.3. The summed E-state index contributed by atoms with van der Waals surface area (Å²) in [4.78, 5) is 15.1. The Morgan fingerprint density at radius 2 is 1.60 bits per heavy atom. The van der Waals surface area contributed by atoms with Crippen molar-refractivity contribution < 1.29 is 27.4 Å². The van der Waals surface area contributed by atoms with Crippen LogP contribution in [0.15, 0.2) is 71.1 Å². The highest BCUT2D eigenvalue weighted by atomic mass is 32.2. The van der Waals surface area contributed by atoms with Crippen molar-refractivity contribution in [2.45, 2.75) is 145 Å². The van der Waals surface area contributed by atoms with Crippen LogP contribution in [0.4, 0.5) is 0 Å². The van der Waals surface area contributed by atoms with Gasteiger partial charge < -0.3 is 14.2 Å². The van der Waals surface area contributed by atoms with E-state index in [1.54, 1.807) is 29.1 Å². The predicted molar refractivity (Wildman–Crippen MR) is 240 cm³/mol. The molecule has 0 unspecified atom stereocenters. The molecule has 7 nitrogen and oxygen atoms in total. The van der Waals surface area contributed by atoms with Crippen LogP contribution < -0.4 is 0 Å². The Morgan fingerprint density at radius 1 is 0.933 bits per heavy atom. The summed E-state index contributed by atoms with van der Waals surface area (Å²) >= 11 is 0. The van der Waals surface area contributed by atoms with Crippen molar-refractivity contribution in [1.82, 2.24) is 4.31 Å². The SMILES string of the molecule is Cc1ccc(S(=O)(=O)N(C)[C@@](C)(CO[C@H]2[C@H](C)C[C@@]34COC[C@]2(C)[C@@H]3CC[C@H]2C4=CC[C@@]3(C)[C@H](C(=O)OCc4ccccc4)[C@@](C)([C@H](C)C(C)C)CC[C@]23C)C(C)C)cc1. The predicted octanol–water partition coefficient (Wildman–Crippen LogP) is 11.3. The summed E-state index contributed by atoms with van der Waals surface area (Å²) < 4.78 is 50.1. The van der Waals surface area contributed by atoms with Crippen molar-refractivity contribution >= 4 is 16.0 Å². The number of esters is 1. The molecule has 60 heavy (non-hydrogen) atoms. The molecule has 4 aliphatic carbocycles. The number of hydrogen-bond donors (Lipinski definition) is 0. The highest BCUT2D eigenvalue weighted by molar-refractivity contribution is 7.89. The third-order valence-corrected chi connectivity index (χ3v) is 20.8. The number of allylic oxidation sites excluding steroid dienone is 1. The second-order valence-corrected chi connectivity index (χ2v) is 24.3. The second-order valence-electron chi connectivity index (χ2n) is 22.3. The fourth-order valence-corrected chi connectivity index (χ4v) is 15.8. The molecule has 1 heterocycles. The first-order valence-corrected chi connectivity index (χ1v) is 24.6. The van der Waals surface area contributed by atoms with Gasteiger partial charge >= 0.3 is 5.97 Å². The molecule has 0 spiro atoms.